The third-order valence-corrected chi connectivity index (χ3v) is 5.53. The van der Waals surface area contributed by atoms with E-state index in [0.717, 1.165) is 12.2 Å². The molecule has 3 rings (SSSR count). The molecule has 0 aliphatic carbocycles. The maximum atomic E-state index is 12.3. The summed E-state index contributed by atoms with van der Waals surface area (Å²) in [5, 5.41) is 11.8. The summed E-state index contributed by atoms with van der Waals surface area (Å²) in [5.74, 6) is 1.11. The quantitative estimate of drug-likeness (QED) is 0.362. The van der Waals surface area contributed by atoms with Gasteiger partial charge in [0.25, 0.3) is 0 Å². The Balaban J connectivity index is 1.91. The first-order valence-electron chi connectivity index (χ1n) is 10.2. The molecule has 2 aromatic heterocycles. The number of aromatic nitrogens is 5. The zero-order valence-corrected chi connectivity index (χ0v) is 19.6. The Labute approximate surface area is 185 Å². The van der Waals surface area contributed by atoms with Crippen LogP contribution in [0.2, 0.25) is 0 Å². The minimum atomic E-state index is -0.636. The lowest BCUT2D eigenvalue weighted by atomic mass is 10.2. The van der Waals surface area contributed by atoms with Gasteiger partial charge in [-0.2, -0.15) is 0 Å². The van der Waals surface area contributed by atoms with Gasteiger partial charge in [0.2, 0.25) is 0 Å². The van der Waals surface area contributed by atoms with Gasteiger partial charge in [0.05, 0.1) is 12.6 Å². The van der Waals surface area contributed by atoms with Crippen molar-refractivity contribution in [3.8, 4) is 0 Å². The maximum absolute atomic E-state index is 12.3. The maximum Gasteiger partial charge on any atom is 0.413 e. The lowest BCUT2D eigenvalue weighted by molar-refractivity contribution is -0.167. The molecule has 2 aromatic rings. The van der Waals surface area contributed by atoms with E-state index in [2.05, 4.69) is 32.5 Å². The second-order valence-electron chi connectivity index (χ2n) is 8.14. The molecule has 1 saturated heterocycles. The first-order valence-corrected chi connectivity index (χ1v) is 11.2. The van der Waals surface area contributed by atoms with E-state index in [0.29, 0.717) is 29.3 Å². The minimum Gasteiger partial charge on any atom is -0.444 e. The SMILES string of the molecule is CCCSc1nc(NC(=O)OC(C)(C)C)c2nnn([C@H]3CO[C@@H](C(OC)OC)C3)c2n1. The van der Waals surface area contributed by atoms with E-state index in [1.54, 1.807) is 39.7 Å². The van der Waals surface area contributed by atoms with E-state index in [4.69, 9.17) is 18.9 Å². The number of anilines is 1. The lowest BCUT2D eigenvalue weighted by Crippen LogP contribution is -2.29. The van der Waals surface area contributed by atoms with E-state index in [1.807, 2.05) is 0 Å². The Bertz CT molecular complexity index is 898. The van der Waals surface area contributed by atoms with Gasteiger partial charge in [0.1, 0.15) is 11.7 Å². The van der Waals surface area contributed by atoms with E-state index in [9.17, 15) is 4.79 Å². The molecule has 1 aliphatic rings. The first kappa shape index (κ1) is 23.6. The van der Waals surface area contributed by atoms with Gasteiger partial charge in [0.15, 0.2) is 28.4 Å². The summed E-state index contributed by atoms with van der Waals surface area (Å²) in [6.45, 7) is 7.89. The van der Waals surface area contributed by atoms with Crippen molar-refractivity contribution < 1.29 is 23.7 Å². The summed E-state index contributed by atoms with van der Waals surface area (Å²) in [5.41, 5.74) is 0.286. The highest BCUT2D eigenvalue weighted by Crippen LogP contribution is 2.31. The molecule has 0 spiro atoms. The summed E-state index contributed by atoms with van der Waals surface area (Å²) in [6, 6.07) is -0.101. The van der Waals surface area contributed by atoms with Crippen molar-refractivity contribution in [1.29, 1.82) is 0 Å². The van der Waals surface area contributed by atoms with Crippen LogP contribution in [-0.2, 0) is 18.9 Å². The van der Waals surface area contributed by atoms with Crippen LogP contribution < -0.4 is 5.32 Å². The van der Waals surface area contributed by atoms with Gasteiger partial charge >= 0.3 is 6.09 Å². The second-order valence-corrected chi connectivity index (χ2v) is 9.20. The normalized spacial score (nSPS) is 19.3. The number of carbonyl (C=O) groups excluding carboxylic acids is 1. The zero-order chi connectivity index (χ0) is 22.6. The van der Waals surface area contributed by atoms with E-state index in [1.165, 1.54) is 11.8 Å². The molecule has 2 atom stereocenters. The molecular weight excluding hydrogens is 424 g/mol. The van der Waals surface area contributed by atoms with Crippen LogP contribution in [0.15, 0.2) is 5.16 Å². The number of ether oxygens (including phenoxy) is 4. The highest BCUT2D eigenvalue weighted by atomic mass is 32.2. The Kier molecular flexibility index (Phi) is 7.68. The Morgan fingerprint density at radius 2 is 2.06 bits per heavy atom. The molecule has 0 bridgehead atoms. The summed E-state index contributed by atoms with van der Waals surface area (Å²) in [6.07, 6.45) is 0.289. The largest absolute Gasteiger partial charge is 0.444 e. The number of hydrogen-bond donors (Lipinski definition) is 1. The third kappa shape index (κ3) is 5.82. The number of carbonyl (C=O) groups is 1. The molecule has 0 radical (unpaired) electrons. The second kappa shape index (κ2) is 10.1. The predicted octanol–water partition coefficient (Wildman–Crippen LogP) is 3.02. The molecule has 11 nitrogen and oxygen atoms in total. The molecule has 172 valence electrons. The fourth-order valence-corrected chi connectivity index (χ4v) is 3.89. The number of nitrogens with one attached hydrogen (secondary N) is 1. The van der Waals surface area contributed by atoms with Gasteiger partial charge in [-0.1, -0.05) is 23.9 Å². The number of methoxy groups -OCH3 is 2. The zero-order valence-electron chi connectivity index (χ0n) is 18.7. The van der Waals surface area contributed by atoms with Crippen LogP contribution in [-0.4, -0.2) is 75.6 Å². The predicted molar refractivity (Wildman–Crippen MR) is 115 cm³/mol. The Morgan fingerprint density at radius 3 is 2.71 bits per heavy atom. The van der Waals surface area contributed by atoms with Crippen LogP contribution in [0.25, 0.3) is 11.2 Å². The molecule has 1 aliphatic heterocycles. The summed E-state index contributed by atoms with van der Waals surface area (Å²) in [7, 11) is 3.16. The van der Waals surface area contributed by atoms with Crippen molar-refractivity contribution in [3.63, 3.8) is 0 Å². The van der Waals surface area contributed by atoms with Gasteiger partial charge in [0, 0.05) is 26.4 Å². The number of fused-ring (bicyclic) bond motifs is 1. The van der Waals surface area contributed by atoms with Gasteiger partial charge in [-0.25, -0.2) is 19.4 Å². The number of nitrogens with zero attached hydrogens (tertiary/aromatic N) is 5. The number of amides is 1. The molecule has 1 amide bonds. The van der Waals surface area contributed by atoms with E-state index < -0.39 is 18.0 Å². The standard InChI is InChI=1S/C19H30N6O5S/c1-7-8-31-17-20-14(21-18(26)30-19(2,3)4)13-15(22-17)25(24-23-13)11-9-12(29-10-11)16(27-5)28-6/h11-12,16H,7-10H2,1-6H3,(H,20,21,22,26)/t11-,12-/m1/s1. The van der Waals surface area contributed by atoms with Gasteiger partial charge in [-0.3, -0.25) is 5.32 Å². The number of hydrogen-bond acceptors (Lipinski definition) is 10. The van der Waals surface area contributed by atoms with Crippen molar-refractivity contribution in [2.45, 2.75) is 69.7 Å². The van der Waals surface area contributed by atoms with Crippen LogP contribution in [0.1, 0.15) is 46.6 Å². The Hall–Kier alpha value is -2.02. The molecule has 0 unspecified atom stereocenters. The first-order chi connectivity index (χ1) is 14.8. The van der Waals surface area contributed by atoms with E-state index in [-0.39, 0.29) is 18.0 Å². The van der Waals surface area contributed by atoms with Crippen LogP contribution in [0.4, 0.5) is 10.6 Å². The molecule has 0 aromatic carbocycles. The Morgan fingerprint density at radius 1 is 1.32 bits per heavy atom. The average molecular weight is 455 g/mol. The van der Waals surface area contributed by atoms with Gasteiger partial charge < -0.3 is 18.9 Å². The van der Waals surface area contributed by atoms with Crippen molar-refractivity contribution >= 4 is 34.8 Å². The number of thioether (sulfide) groups is 1. The van der Waals surface area contributed by atoms with Crippen LogP contribution in [0.5, 0.6) is 0 Å². The summed E-state index contributed by atoms with van der Waals surface area (Å²) < 4.78 is 23.6. The highest BCUT2D eigenvalue weighted by Gasteiger charge is 2.35. The van der Waals surface area contributed by atoms with Gasteiger partial charge in [-0.05, 0) is 27.2 Å². The third-order valence-electron chi connectivity index (χ3n) is 4.48. The molecule has 31 heavy (non-hydrogen) atoms. The molecular formula is C19H30N6O5S. The fraction of sp³-hybridized carbons (Fsp3) is 0.737. The molecule has 3 heterocycles. The van der Waals surface area contributed by atoms with Crippen molar-refractivity contribution in [3.05, 3.63) is 0 Å². The lowest BCUT2D eigenvalue weighted by Gasteiger charge is -2.19. The van der Waals surface area contributed by atoms with Crippen LogP contribution >= 0.6 is 11.8 Å². The number of rotatable bonds is 8. The van der Waals surface area contributed by atoms with Crippen molar-refractivity contribution in [1.82, 2.24) is 25.0 Å². The van der Waals surface area contributed by atoms with E-state index >= 15 is 0 Å². The smallest absolute Gasteiger partial charge is 0.413 e. The molecule has 12 heteroatoms. The topological polar surface area (TPSA) is 123 Å². The summed E-state index contributed by atoms with van der Waals surface area (Å²) in [4.78, 5) is 21.5. The van der Waals surface area contributed by atoms with Gasteiger partial charge in [-0.15, -0.1) is 5.10 Å². The average Bonchev–Trinajstić information content (AvgIpc) is 3.33. The fourth-order valence-electron chi connectivity index (χ4n) is 3.20. The van der Waals surface area contributed by atoms with Crippen molar-refractivity contribution in [2.24, 2.45) is 0 Å². The minimum absolute atomic E-state index is 0.101. The van der Waals surface area contributed by atoms with Crippen LogP contribution in [0.3, 0.4) is 0 Å². The molecule has 0 saturated carbocycles. The van der Waals surface area contributed by atoms with Crippen molar-refractivity contribution in [2.75, 3.05) is 31.9 Å². The molecule has 1 N–H and O–H groups in total. The monoisotopic (exact) mass is 454 g/mol. The summed E-state index contributed by atoms with van der Waals surface area (Å²) >= 11 is 1.50. The van der Waals surface area contributed by atoms with Crippen LogP contribution in [0, 0.1) is 0 Å². The molecule has 1 fully saturated rings. The highest BCUT2D eigenvalue weighted by molar-refractivity contribution is 7.99.